The summed E-state index contributed by atoms with van der Waals surface area (Å²) in [7, 11) is 0. The van der Waals surface area contributed by atoms with Crippen molar-refractivity contribution in [3.63, 3.8) is 0 Å². The van der Waals surface area contributed by atoms with Crippen molar-refractivity contribution < 1.29 is 19.1 Å². The highest BCUT2D eigenvalue weighted by Gasteiger charge is 2.48. The van der Waals surface area contributed by atoms with Gasteiger partial charge in [0, 0.05) is 21.8 Å². The molecule has 3 aromatic rings. The van der Waals surface area contributed by atoms with E-state index >= 15 is 0 Å². The van der Waals surface area contributed by atoms with Gasteiger partial charge in [-0.3, -0.25) is 14.5 Å². The number of aliphatic hydroxyl groups is 1. The molecule has 1 aliphatic rings. The van der Waals surface area contributed by atoms with Crippen molar-refractivity contribution in [1.29, 1.82) is 0 Å². The Hall–Kier alpha value is -3.32. The maximum Gasteiger partial charge on any atom is 0.301 e. The molecule has 1 fully saturated rings. The first kappa shape index (κ1) is 19.0. The number of amides is 1. The van der Waals surface area contributed by atoms with Crippen LogP contribution in [-0.4, -0.2) is 21.8 Å². The Balaban J connectivity index is 1.97. The van der Waals surface area contributed by atoms with E-state index in [4.69, 9.17) is 0 Å². The molecule has 29 heavy (non-hydrogen) atoms. The molecule has 0 unspecified atom stereocenters. The monoisotopic (exact) mass is 452 g/mol. The molecule has 0 radical (unpaired) electrons. The Morgan fingerprint density at radius 1 is 1.00 bits per heavy atom. The first-order valence-electron chi connectivity index (χ1n) is 8.71. The van der Waals surface area contributed by atoms with Gasteiger partial charge in [-0.1, -0.05) is 48.5 Å². The van der Waals surface area contributed by atoms with Crippen LogP contribution in [0.2, 0.25) is 0 Å². The molecule has 1 amide bonds. The lowest BCUT2D eigenvalue weighted by Gasteiger charge is -2.24. The number of ketones is 1. The number of carbonyl (C=O) groups excluding carboxylic acids is 2. The Morgan fingerprint density at radius 3 is 2.34 bits per heavy atom. The van der Waals surface area contributed by atoms with Crippen LogP contribution in [0.15, 0.2) is 83.0 Å². The zero-order chi connectivity index (χ0) is 20.5. The molecule has 2 aromatic carbocycles. The van der Waals surface area contributed by atoms with E-state index in [1.54, 1.807) is 48.5 Å². The lowest BCUT2D eigenvalue weighted by molar-refractivity contribution is -0.132. The highest BCUT2D eigenvalue weighted by molar-refractivity contribution is 9.10. The third kappa shape index (κ3) is 3.34. The van der Waals surface area contributed by atoms with Gasteiger partial charge < -0.3 is 5.11 Å². The number of halogens is 2. The van der Waals surface area contributed by atoms with Crippen LogP contribution in [0.5, 0.6) is 0 Å². The highest BCUT2D eigenvalue weighted by Crippen LogP contribution is 2.42. The van der Waals surface area contributed by atoms with Crippen LogP contribution in [0.25, 0.3) is 5.76 Å². The third-order valence-electron chi connectivity index (χ3n) is 4.65. The molecule has 0 bridgehead atoms. The molecule has 1 saturated heterocycles. The molecule has 0 aliphatic carbocycles. The summed E-state index contributed by atoms with van der Waals surface area (Å²) in [6, 6.07) is 16.3. The number of aliphatic hydroxyl groups excluding tert-OH is 1. The van der Waals surface area contributed by atoms with Gasteiger partial charge in [-0.25, -0.2) is 9.37 Å². The zero-order valence-electron chi connectivity index (χ0n) is 14.9. The summed E-state index contributed by atoms with van der Waals surface area (Å²) in [5.41, 5.74) is 0.264. The topological polar surface area (TPSA) is 70.5 Å². The minimum atomic E-state index is -1.15. The summed E-state index contributed by atoms with van der Waals surface area (Å²) in [4.78, 5) is 31.1. The number of aromatic nitrogens is 1. The van der Waals surface area contributed by atoms with Gasteiger partial charge in [0.1, 0.15) is 17.4 Å². The molecule has 5 nitrogen and oxygen atoms in total. The highest BCUT2D eigenvalue weighted by atomic mass is 79.9. The van der Waals surface area contributed by atoms with Crippen LogP contribution in [0.3, 0.4) is 0 Å². The fourth-order valence-corrected chi connectivity index (χ4v) is 3.56. The lowest BCUT2D eigenvalue weighted by Crippen LogP contribution is -2.30. The van der Waals surface area contributed by atoms with Gasteiger partial charge in [-0.2, -0.15) is 0 Å². The number of hydrogen-bond donors (Lipinski definition) is 1. The fraction of sp³-hybridized carbons (Fsp3) is 0.0455. The van der Waals surface area contributed by atoms with Crippen molar-refractivity contribution in [3.8, 4) is 0 Å². The van der Waals surface area contributed by atoms with Crippen LogP contribution in [0.4, 0.5) is 10.2 Å². The summed E-state index contributed by atoms with van der Waals surface area (Å²) < 4.78 is 15.4. The van der Waals surface area contributed by atoms with Crippen molar-refractivity contribution in [3.05, 3.63) is 99.9 Å². The van der Waals surface area contributed by atoms with Crippen molar-refractivity contribution in [1.82, 2.24) is 4.98 Å². The minimum absolute atomic E-state index is 0.0916. The summed E-state index contributed by atoms with van der Waals surface area (Å²) >= 11 is 3.28. The first-order valence-corrected chi connectivity index (χ1v) is 9.50. The summed E-state index contributed by atoms with van der Waals surface area (Å²) in [5, 5.41) is 10.9. The van der Waals surface area contributed by atoms with Crippen molar-refractivity contribution in [2.45, 2.75) is 6.04 Å². The van der Waals surface area contributed by atoms with Gasteiger partial charge in [-0.15, -0.1) is 0 Å². The molecular formula is C22H14BrFN2O3. The predicted octanol–water partition coefficient (Wildman–Crippen LogP) is 4.61. The van der Waals surface area contributed by atoms with Crippen molar-refractivity contribution >= 4 is 39.2 Å². The Labute approximate surface area is 174 Å². The Bertz CT molecular complexity index is 1130. The number of rotatable bonds is 3. The average Bonchev–Trinajstić information content (AvgIpc) is 3.00. The van der Waals surface area contributed by atoms with E-state index in [1.165, 1.54) is 24.4 Å². The normalized spacial score (nSPS) is 18.3. The van der Waals surface area contributed by atoms with E-state index in [2.05, 4.69) is 20.9 Å². The van der Waals surface area contributed by atoms with E-state index in [0.29, 0.717) is 10.0 Å². The van der Waals surface area contributed by atoms with Crippen LogP contribution >= 0.6 is 15.9 Å². The molecule has 1 aliphatic heterocycles. The maximum atomic E-state index is 14.7. The maximum absolute atomic E-state index is 14.7. The molecular weight excluding hydrogens is 439 g/mol. The SMILES string of the molecule is O=C1C(=O)N(c2ccc(Br)cn2)[C@H](c2ccccc2F)C1=C(O)c1ccccc1. The predicted molar refractivity (Wildman–Crippen MR) is 110 cm³/mol. The third-order valence-corrected chi connectivity index (χ3v) is 5.12. The number of anilines is 1. The van der Waals surface area contributed by atoms with E-state index < -0.39 is 23.5 Å². The number of pyridine rings is 1. The average molecular weight is 453 g/mol. The number of carbonyl (C=O) groups is 2. The van der Waals surface area contributed by atoms with E-state index in [9.17, 15) is 19.1 Å². The molecule has 4 rings (SSSR count). The van der Waals surface area contributed by atoms with Crippen LogP contribution in [0.1, 0.15) is 17.2 Å². The molecule has 144 valence electrons. The minimum Gasteiger partial charge on any atom is -0.507 e. The molecule has 0 saturated carbocycles. The van der Waals surface area contributed by atoms with Gasteiger partial charge in [0.25, 0.3) is 5.78 Å². The number of hydrogen-bond acceptors (Lipinski definition) is 4. The summed E-state index contributed by atoms with van der Waals surface area (Å²) in [6.45, 7) is 0. The molecule has 7 heteroatoms. The quantitative estimate of drug-likeness (QED) is 0.357. The van der Waals surface area contributed by atoms with Gasteiger partial charge >= 0.3 is 5.91 Å². The Morgan fingerprint density at radius 2 is 1.69 bits per heavy atom. The van der Waals surface area contributed by atoms with E-state index in [-0.39, 0.29) is 22.7 Å². The fourth-order valence-electron chi connectivity index (χ4n) is 3.32. The van der Waals surface area contributed by atoms with E-state index in [0.717, 1.165) is 4.90 Å². The lowest BCUT2D eigenvalue weighted by atomic mass is 9.95. The smallest absolute Gasteiger partial charge is 0.301 e. The molecule has 2 heterocycles. The second-order valence-corrected chi connectivity index (χ2v) is 7.31. The molecule has 0 spiro atoms. The number of Topliss-reactive ketones (excluding diaryl/α,β-unsaturated/α-hetero) is 1. The first-order chi connectivity index (χ1) is 14.0. The van der Waals surface area contributed by atoms with Crippen LogP contribution in [-0.2, 0) is 9.59 Å². The van der Waals surface area contributed by atoms with Crippen molar-refractivity contribution in [2.24, 2.45) is 0 Å². The van der Waals surface area contributed by atoms with Gasteiger partial charge in [0.15, 0.2) is 0 Å². The second-order valence-electron chi connectivity index (χ2n) is 6.39. The zero-order valence-corrected chi connectivity index (χ0v) is 16.5. The van der Waals surface area contributed by atoms with Gasteiger partial charge in [0.05, 0.1) is 11.6 Å². The summed E-state index contributed by atoms with van der Waals surface area (Å²) in [6.07, 6.45) is 1.48. The molecule has 1 atom stereocenters. The van der Waals surface area contributed by atoms with Crippen LogP contribution < -0.4 is 4.90 Å². The van der Waals surface area contributed by atoms with E-state index in [1.807, 2.05) is 0 Å². The molecule has 1 N–H and O–H groups in total. The van der Waals surface area contributed by atoms with Crippen LogP contribution in [0, 0.1) is 5.82 Å². The van der Waals surface area contributed by atoms with Gasteiger partial charge in [-0.05, 0) is 34.1 Å². The summed E-state index contributed by atoms with van der Waals surface area (Å²) in [5.74, 6) is -2.57. The largest absolute Gasteiger partial charge is 0.507 e. The van der Waals surface area contributed by atoms with Crippen molar-refractivity contribution in [2.75, 3.05) is 4.90 Å². The second kappa shape index (κ2) is 7.60. The standard InChI is InChI=1S/C22H14BrFN2O3/c23-14-10-11-17(25-12-14)26-19(15-8-4-5-9-16(15)24)18(21(28)22(26)29)20(27)13-6-2-1-3-7-13/h1-12,19,27H/t19-/m1/s1. The number of benzene rings is 2. The Kier molecular flexibility index (Phi) is 4.98. The molecule has 1 aromatic heterocycles. The number of nitrogens with zero attached hydrogens (tertiary/aromatic N) is 2. The van der Waals surface area contributed by atoms with Gasteiger partial charge in [0.2, 0.25) is 0 Å².